The van der Waals surface area contributed by atoms with Gasteiger partial charge in [-0.25, -0.2) is 0 Å². The molecule has 1 N–H and O–H groups in total. The Morgan fingerprint density at radius 1 is 1.42 bits per heavy atom. The predicted octanol–water partition coefficient (Wildman–Crippen LogP) is 0.962. The lowest BCUT2D eigenvalue weighted by Gasteiger charge is -2.25. The molecule has 24 heavy (non-hydrogen) atoms. The molecule has 1 aromatic rings. The molecular weight excluding hydrogens is 306 g/mol. The van der Waals surface area contributed by atoms with Crippen molar-refractivity contribution in [1.82, 2.24) is 15.1 Å². The summed E-state index contributed by atoms with van der Waals surface area (Å²) in [6, 6.07) is 8.16. The molecule has 1 fully saturated rings. The standard InChI is InChI=1S/C18H29N3O3/c1-20(11-15-9-17(24-4)12-21(15)2)13-18(22)19-10-14-6-5-7-16(8-14)23-3/h5-8,15,17H,9-13H2,1-4H3,(H,19,22)/t15-,17-/m0/s1. The number of likely N-dealkylation sites (N-methyl/N-ethyl adjacent to an activating group) is 2. The van der Waals surface area contributed by atoms with E-state index in [-0.39, 0.29) is 5.91 Å². The molecule has 6 heteroatoms. The fourth-order valence-corrected chi connectivity index (χ4v) is 3.12. The summed E-state index contributed by atoms with van der Waals surface area (Å²) < 4.78 is 10.6. The second-order valence-corrected chi connectivity index (χ2v) is 6.51. The predicted molar refractivity (Wildman–Crippen MR) is 94.2 cm³/mol. The molecule has 0 spiro atoms. The number of carbonyl (C=O) groups is 1. The number of hydrogen-bond acceptors (Lipinski definition) is 5. The Labute approximate surface area is 144 Å². The second-order valence-electron chi connectivity index (χ2n) is 6.51. The molecular formula is C18H29N3O3. The molecule has 134 valence electrons. The Hall–Kier alpha value is -1.63. The topological polar surface area (TPSA) is 54.0 Å². The molecule has 1 amide bonds. The van der Waals surface area contributed by atoms with Gasteiger partial charge in [0.25, 0.3) is 0 Å². The third-order valence-corrected chi connectivity index (χ3v) is 4.54. The quantitative estimate of drug-likeness (QED) is 0.767. The van der Waals surface area contributed by atoms with Crippen LogP contribution in [-0.2, 0) is 16.1 Å². The molecule has 6 nitrogen and oxygen atoms in total. The fourth-order valence-electron chi connectivity index (χ4n) is 3.12. The van der Waals surface area contributed by atoms with Gasteiger partial charge in [-0.3, -0.25) is 14.6 Å². The summed E-state index contributed by atoms with van der Waals surface area (Å²) in [4.78, 5) is 16.5. The third-order valence-electron chi connectivity index (χ3n) is 4.54. The van der Waals surface area contributed by atoms with Gasteiger partial charge in [0.1, 0.15) is 5.75 Å². The Kier molecular flexibility index (Phi) is 7.02. The highest BCUT2D eigenvalue weighted by Crippen LogP contribution is 2.18. The maximum absolute atomic E-state index is 12.1. The van der Waals surface area contributed by atoms with Crippen LogP contribution >= 0.6 is 0 Å². The van der Waals surface area contributed by atoms with E-state index in [1.807, 2.05) is 31.3 Å². The van der Waals surface area contributed by atoms with Crippen LogP contribution in [0.3, 0.4) is 0 Å². The van der Waals surface area contributed by atoms with Gasteiger partial charge in [0.15, 0.2) is 0 Å². The van der Waals surface area contributed by atoms with E-state index < -0.39 is 0 Å². The Bertz CT molecular complexity index is 538. The van der Waals surface area contributed by atoms with Gasteiger partial charge < -0.3 is 14.8 Å². The molecule has 1 aromatic carbocycles. The van der Waals surface area contributed by atoms with Gasteiger partial charge in [0.05, 0.1) is 19.8 Å². The lowest BCUT2D eigenvalue weighted by molar-refractivity contribution is -0.122. The summed E-state index contributed by atoms with van der Waals surface area (Å²) in [7, 11) is 7.50. The van der Waals surface area contributed by atoms with Crippen LogP contribution < -0.4 is 10.1 Å². The number of rotatable bonds is 8. The number of ether oxygens (including phenoxy) is 2. The van der Waals surface area contributed by atoms with Crippen LogP contribution in [0.15, 0.2) is 24.3 Å². The largest absolute Gasteiger partial charge is 0.497 e. The number of nitrogens with one attached hydrogen (secondary N) is 1. The van der Waals surface area contributed by atoms with Crippen molar-refractivity contribution in [3.05, 3.63) is 29.8 Å². The highest BCUT2D eigenvalue weighted by molar-refractivity contribution is 5.77. The van der Waals surface area contributed by atoms with E-state index in [0.717, 1.165) is 30.8 Å². The van der Waals surface area contributed by atoms with Crippen molar-refractivity contribution in [2.75, 3.05) is 47.9 Å². The molecule has 0 aromatic heterocycles. The summed E-state index contributed by atoms with van der Waals surface area (Å²) in [5, 5.41) is 2.96. The fraction of sp³-hybridized carbons (Fsp3) is 0.611. The van der Waals surface area contributed by atoms with Gasteiger partial charge in [-0.15, -0.1) is 0 Å². The average Bonchev–Trinajstić information content (AvgIpc) is 2.93. The van der Waals surface area contributed by atoms with Gasteiger partial charge >= 0.3 is 0 Å². The first-order chi connectivity index (χ1) is 11.5. The summed E-state index contributed by atoms with van der Waals surface area (Å²) in [6.07, 6.45) is 1.32. The van der Waals surface area contributed by atoms with Gasteiger partial charge in [0.2, 0.25) is 5.91 Å². The SMILES string of the molecule is COc1cccc(CNC(=O)CN(C)C[C@@H]2C[C@H](OC)CN2C)c1. The summed E-state index contributed by atoms with van der Waals surface area (Å²) in [5.41, 5.74) is 1.03. The van der Waals surface area contributed by atoms with Crippen molar-refractivity contribution in [2.45, 2.75) is 25.1 Å². The lowest BCUT2D eigenvalue weighted by atomic mass is 10.2. The number of benzene rings is 1. The van der Waals surface area contributed by atoms with Crippen LogP contribution in [0, 0.1) is 0 Å². The maximum Gasteiger partial charge on any atom is 0.234 e. The van der Waals surface area contributed by atoms with E-state index in [2.05, 4.69) is 22.2 Å². The van der Waals surface area contributed by atoms with Crippen LogP contribution in [0.2, 0.25) is 0 Å². The van der Waals surface area contributed by atoms with Gasteiger partial charge in [-0.05, 0) is 38.2 Å². The smallest absolute Gasteiger partial charge is 0.234 e. The first kappa shape index (κ1) is 18.7. The Morgan fingerprint density at radius 3 is 2.88 bits per heavy atom. The lowest BCUT2D eigenvalue weighted by Crippen LogP contribution is -2.41. The Balaban J connectivity index is 1.73. The zero-order valence-corrected chi connectivity index (χ0v) is 15.1. The van der Waals surface area contributed by atoms with Gasteiger partial charge in [-0.2, -0.15) is 0 Å². The van der Waals surface area contributed by atoms with E-state index in [1.165, 1.54) is 0 Å². The van der Waals surface area contributed by atoms with Crippen molar-refractivity contribution < 1.29 is 14.3 Å². The second kappa shape index (κ2) is 9.01. The molecule has 0 unspecified atom stereocenters. The van der Waals surface area contributed by atoms with Gasteiger partial charge in [-0.1, -0.05) is 12.1 Å². The molecule has 0 aliphatic carbocycles. The molecule has 1 saturated heterocycles. The minimum absolute atomic E-state index is 0.0317. The van der Waals surface area contributed by atoms with Crippen molar-refractivity contribution in [3.8, 4) is 5.75 Å². The zero-order valence-electron chi connectivity index (χ0n) is 15.1. The molecule has 1 heterocycles. The molecule has 2 atom stereocenters. The van der Waals surface area contributed by atoms with Crippen molar-refractivity contribution in [1.29, 1.82) is 0 Å². The van der Waals surface area contributed by atoms with E-state index in [1.54, 1.807) is 14.2 Å². The first-order valence-electron chi connectivity index (χ1n) is 8.33. The van der Waals surface area contributed by atoms with E-state index in [0.29, 0.717) is 25.2 Å². The van der Waals surface area contributed by atoms with Crippen molar-refractivity contribution in [2.24, 2.45) is 0 Å². The number of nitrogens with zero attached hydrogens (tertiary/aromatic N) is 2. The van der Waals surface area contributed by atoms with E-state index in [4.69, 9.17) is 9.47 Å². The minimum Gasteiger partial charge on any atom is -0.497 e. The molecule has 0 bridgehead atoms. The van der Waals surface area contributed by atoms with Crippen LogP contribution in [-0.4, -0.2) is 75.8 Å². The first-order valence-corrected chi connectivity index (χ1v) is 8.33. The normalized spacial score (nSPS) is 21.2. The van der Waals surface area contributed by atoms with Gasteiger partial charge in [0, 0.05) is 32.8 Å². The maximum atomic E-state index is 12.1. The third kappa shape index (κ3) is 5.47. The molecule has 2 rings (SSSR count). The van der Waals surface area contributed by atoms with Crippen LogP contribution in [0.25, 0.3) is 0 Å². The zero-order chi connectivity index (χ0) is 17.5. The molecule has 1 aliphatic heterocycles. The van der Waals surface area contributed by atoms with Crippen LogP contribution in [0.1, 0.15) is 12.0 Å². The number of carbonyl (C=O) groups excluding carboxylic acids is 1. The molecule has 1 aliphatic rings. The highest BCUT2D eigenvalue weighted by Gasteiger charge is 2.30. The Morgan fingerprint density at radius 2 is 2.21 bits per heavy atom. The van der Waals surface area contributed by atoms with Crippen molar-refractivity contribution in [3.63, 3.8) is 0 Å². The van der Waals surface area contributed by atoms with Crippen LogP contribution in [0.4, 0.5) is 0 Å². The summed E-state index contributed by atoms with van der Waals surface area (Å²) in [6.45, 7) is 2.73. The summed E-state index contributed by atoms with van der Waals surface area (Å²) >= 11 is 0. The monoisotopic (exact) mass is 335 g/mol. The average molecular weight is 335 g/mol. The number of likely N-dealkylation sites (tertiary alicyclic amines) is 1. The molecule has 0 saturated carbocycles. The number of amides is 1. The number of methoxy groups -OCH3 is 2. The number of hydrogen-bond donors (Lipinski definition) is 1. The van der Waals surface area contributed by atoms with Crippen molar-refractivity contribution >= 4 is 5.91 Å². The van der Waals surface area contributed by atoms with Crippen LogP contribution in [0.5, 0.6) is 5.75 Å². The van der Waals surface area contributed by atoms with E-state index >= 15 is 0 Å². The summed E-state index contributed by atoms with van der Waals surface area (Å²) in [5.74, 6) is 0.833. The highest BCUT2D eigenvalue weighted by atomic mass is 16.5. The van der Waals surface area contributed by atoms with E-state index in [9.17, 15) is 4.79 Å². The molecule has 0 radical (unpaired) electrons. The minimum atomic E-state index is 0.0317.